The van der Waals surface area contributed by atoms with Crippen LogP contribution in [0, 0.1) is 0 Å². The van der Waals surface area contributed by atoms with Gasteiger partial charge in [0.1, 0.15) is 11.5 Å². The second-order valence-corrected chi connectivity index (χ2v) is 8.32. The number of hydrogen-bond acceptors (Lipinski definition) is 2. The molecule has 2 rings (SSSR count). The Labute approximate surface area is 139 Å². The van der Waals surface area contributed by atoms with Crippen LogP contribution in [0.25, 0.3) is 0 Å². The number of rotatable bonds is 2. The lowest BCUT2D eigenvalue weighted by atomic mass is 9.74. The molecule has 124 valence electrons. The fourth-order valence-electron chi connectivity index (χ4n) is 3.04. The minimum atomic E-state index is -0.0848. The first-order valence-corrected chi connectivity index (χ1v) is 8.14. The van der Waals surface area contributed by atoms with Crippen LogP contribution < -0.4 is 0 Å². The summed E-state index contributed by atoms with van der Waals surface area (Å²) in [6.07, 6.45) is 0.659. The van der Waals surface area contributed by atoms with Crippen molar-refractivity contribution in [3.63, 3.8) is 0 Å². The Morgan fingerprint density at radius 2 is 1.26 bits per heavy atom. The molecule has 2 heteroatoms. The van der Waals surface area contributed by atoms with Gasteiger partial charge >= 0.3 is 0 Å². The predicted molar refractivity (Wildman–Crippen MR) is 96.4 cm³/mol. The van der Waals surface area contributed by atoms with E-state index in [1.807, 2.05) is 30.3 Å². The van der Waals surface area contributed by atoms with E-state index in [1.165, 1.54) is 5.56 Å². The zero-order chi connectivity index (χ0) is 17.4. The van der Waals surface area contributed by atoms with Gasteiger partial charge in [-0.1, -0.05) is 59.7 Å². The van der Waals surface area contributed by atoms with Crippen molar-refractivity contribution < 1.29 is 10.2 Å². The zero-order valence-corrected chi connectivity index (χ0v) is 15.1. The molecule has 0 unspecified atom stereocenters. The summed E-state index contributed by atoms with van der Waals surface area (Å²) in [6, 6.07) is 11.2. The summed E-state index contributed by atoms with van der Waals surface area (Å²) < 4.78 is 0. The molecule has 0 aliphatic heterocycles. The van der Waals surface area contributed by atoms with E-state index in [1.54, 1.807) is 6.07 Å². The lowest BCUT2D eigenvalue weighted by Crippen LogP contribution is -2.21. The average Bonchev–Trinajstić information content (AvgIpc) is 2.40. The number of phenolic OH excluding ortho intramolecular Hbond substituents is 2. The second kappa shape index (κ2) is 5.92. The minimum absolute atomic E-state index is 0.0848. The van der Waals surface area contributed by atoms with Gasteiger partial charge in [0.25, 0.3) is 0 Å². The first-order valence-electron chi connectivity index (χ1n) is 8.14. The van der Waals surface area contributed by atoms with Crippen LogP contribution in [0.4, 0.5) is 0 Å². The van der Waals surface area contributed by atoms with Gasteiger partial charge < -0.3 is 10.2 Å². The van der Waals surface area contributed by atoms with E-state index in [0.717, 1.165) is 16.7 Å². The SMILES string of the molecule is CC(C)(C)c1cc(O)cc(C(C)(C)C)c1Cc1ccccc1O. The number of para-hydroxylation sites is 1. The van der Waals surface area contributed by atoms with Gasteiger partial charge in [0.2, 0.25) is 0 Å². The molecule has 0 saturated heterocycles. The van der Waals surface area contributed by atoms with E-state index < -0.39 is 0 Å². The standard InChI is InChI=1S/C21H28O2/c1-20(2,3)17-12-15(22)13-18(21(4,5)6)16(17)11-14-9-7-8-10-19(14)23/h7-10,12-13,22-23H,11H2,1-6H3. The number of benzene rings is 2. The maximum Gasteiger partial charge on any atom is 0.119 e. The Morgan fingerprint density at radius 1 is 0.783 bits per heavy atom. The fourth-order valence-corrected chi connectivity index (χ4v) is 3.04. The van der Waals surface area contributed by atoms with E-state index in [4.69, 9.17) is 0 Å². The molecule has 0 amide bonds. The summed E-state index contributed by atoms with van der Waals surface area (Å²) in [6.45, 7) is 12.9. The van der Waals surface area contributed by atoms with E-state index in [2.05, 4.69) is 41.5 Å². The molecule has 0 aliphatic carbocycles. The lowest BCUT2D eigenvalue weighted by molar-refractivity contribution is 0.462. The van der Waals surface area contributed by atoms with Crippen LogP contribution >= 0.6 is 0 Å². The molecule has 0 aromatic heterocycles. The Hall–Kier alpha value is -1.96. The maximum atomic E-state index is 10.2. The van der Waals surface area contributed by atoms with Crippen LogP contribution in [0.3, 0.4) is 0 Å². The minimum Gasteiger partial charge on any atom is -0.508 e. The molecule has 0 bridgehead atoms. The molecule has 2 aromatic rings. The third-order valence-corrected chi connectivity index (χ3v) is 4.21. The lowest BCUT2D eigenvalue weighted by Gasteiger charge is -2.30. The molecule has 2 aromatic carbocycles. The van der Waals surface area contributed by atoms with Crippen molar-refractivity contribution in [1.29, 1.82) is 0 Å². The number of hydrogen-bond donors (Lipinski definition) is 2. The maximum absolute atomic E-state index is 10.2. The molecule has 0 heterocycles. The highest BCUT2D eigenvalue weighted by atomic mass is 16.3. The van der Waals surface area contributed by atoms with Gasteiger partial charge in [-0.2, -0.15) is 0 Å². The first-order chi connectivity index (χ1) is 10.5. The average molecular weight is 312 g/mol. The van der Waals surface area contributed by atoms with E-state index in [0.29, 0.717) is 17.9 Å². The highest BCUT2D eigenvalue weighted by Gasteiger charge is 2.27. The van der Waals surface area contributed by atoms with Gasteiger partial charge in [-0.25, -0.2) is 0 Å². The summed E-state index contributed by atoms with van der Waals surface area (Å²) in [5.74, 6) is 0.626. The number of phenols is 2. The van der Waals surface area contributed by atoms with Crippen LogP contribution in [0.5, 0.6) is 11.5 Å². The highest BCUT2D eigenvalue weighted by Crippen LogP contribution is 2.39. The van der Waals surface area contributed by atoms with Crippen molar-refractivity contribution in [1.82, 2.24) is 0 Å². The van der Waals surface area contributed by atoms with Gasteiger partial charge in [-0.15, -0.1) is 0 Å². The van der Waals surface area contributed by atoms with Crippen molar-refractivity contribution in [2.24, 2.45) is 0 Å². The van der Waals surface area contributed by atoms with Gasteiger partial charge in [0, 0.05) is 6.42 Å². The van der Waals surface area contributed by atoms with Crippen molar-refractivity contribution in [3.8, 4) is 11.5 Å². The van der Waals surface area contributed by atoms with Crippen LogP contribution in [0.1, 0.15) is 63.8 Å². The quantitative estimate of drug-likeness (QED) is 0.791. The molecule has 0 atom stereocenters. The third-order valence-electron chi connectivity index (χ3n) is 4.21. The Bertz CT molecular complexity index is 666. The van der Waals surface area contributed by atoms with Gasteiger partial charge in [-0.3, -0.25) is 0 Å². The van der Waals surface area contributed by atoms with Crippen LogP contribution in [-0.4, -0.2) is 10.2 Å². The molecule has 0 aliphatic rings. The van der Waals surface area contributed by atoms with E-state index in [-0.39, 0.29) is 10.8 Å². The van der Waals surface area contributed by atoms with Crippen LogP contribution in [0.2, 0.25) is 0 Å². The summed E-state index contributed by atoms with van der Waals surface area (Å²) >= 11 is 0. The summed E-state index contributed by atoms with van der Waals surface area (Å²) in [5.41, 5.74) is 4.20. The molecular formula is C21H28O2. The summed E-state index contributed by atoms with van der Waals surface area (Å²) in [4.78, 5) is 0. The predicted octanol–water partition coefficient (Wildman–Crippen LogP) is 5.28. The normalized spacial score (nSPS) is 12.4. The summed E-state index contributed by atoms with van der Waals surface area (Å²) in [5, 5.41) is 20.4. The third kappa shape index (κ3) is 3.87. The van der Waals surface area contributed by atoms with E-state index in [9.17, 15) is 10.2 Å². The first kappa shape index (κ1) is 17.4. The molecule has 0 spiro atoms. The van der Waals surface area contributed by atoms with Crippen LogP contribution in [0.15, 0.2) is 36.4 Å². The zero-order valence-electron chi connectivity index (χ0n) is 15.1. The second-order valence-electron chi connectivity index (χ2n) is 8.32. The molecule has 23 heavy (non-hydrogen) atoms. The Balaban J connectivity index is 2.70. The van der Waals surface area contributed by atoms with Crippen molar-refractivity contribution in [3.05, 3.63) is 58.7 Å². The van der Waals surface area contributed by atoms with Crippen LogP contribution in [-0.2, 0) is 17.3 Å². The Kier molecular flexibility index (Phi) is 4.48. The number of aromatic hydroxyl groups is 2. The summed E-state index contributed by atoms with van der Waals surface area (Å²) in [7, 11) is 0. The molecule has 2 nitrogen and oxygen atoms in total. The van der Waals surface area contributed by atoms with Gasteiger partial charge in [0.05, 0.1) is 0 Å². The largest absolute Gasteiger partial charge is 0.508 e. The van der Waals surface area contributed by atoms with Crippen molar-refractivity contribution in [2.75, 3.05) is 0 Å². The highest BCUT2D eigenvalue weighted by molar-refractivity contribution is 5.51. The van der Waals surface area contributed by atoms with Gasteiger partial charge in [0.15, 0.2) is 0 Å². The monoisotopic (exact) mass is 312 g/mol. The van der Waals surface area contributed by atoms with Crippen molar-refractivity contribution >= 4 is 0 Å². The van der Waals surface area contributed by atoms with E-state index >= 15 is 0 Å². The molecule has 0 saturated carbocycles. The fraction of sp³-hybridized carbons (Fsp3) is 0.429. The smallest absolute Gasteiger partial charge is 0.119 e. The Morgan fingerprint density at radius 3 is 1.70 bits per heavy atom. The van der Waals surface area contributed by atoms with Gasteiger partial charge in [-0.05, 0) is 51.3 Å². The van der Waals surface area contributed by atoms with Crippen molar-refractivity contribution in [2.45, 2.75) is 58.8 Å². The molecule has 2 N–H and O–H groups in total. The topological polar surface area (TPSA) is 40.5 Å². The molecular weight excluding hydrogens is 284 g/mol. The molecule has 0 fully saturated rings. The molecule has 0 radical (unpaired) electrons.